The number of benzene rings is 1. The molecule has 0 radical (unpaired) electrons. The van der Waals surface area contributed by atoms with E-state index in [0.717, 1.165) is 11.0 Å². The molecule has 0 fully saturated rings. The summed E-state index contributed by atoms with van der Waals surface area (Å²) in [5.74, 6) is 0.135. The third kappa shape index (κ3) is 5.20. The van der Waals surface area contributed by atoms with Gasteiger partial charge in [0.25, 0.3) is 0 Å². The molecule has 1 heterocycles. The molecule has 0 aliphatic rings. The van der Waals surface area contributed by atoms with Gasteiger partial charge in [-0.25, -0.2) is 0 Å². The van der Waals surface area contributed by atoms with Crippen molar-refractivity contribution < 1.29 is 5.11 Å². The van der Waals surface area contributed by atoms with Gasteiger partial charge in [0.05, 0.1) is 0 Å². The van der Waals surface area contributed by atoms with E-state index in [9.17, 15) is 5.11 Å². The van der Waals surface area contributed by atoms with E-state index in [2.05, 4.69) is 10.2 Å². The molecule has 0 aliphatic carbocycles. The zero-order valence-corrected chi connectivity index (χ0v) is 14.4. The number of aromatic nitrogens is 3. The predicted molar refractivity (Wildman–Crippen MR) is 95.7 cm³/mol. The topological polar surface area (TPSA) is 50.9 Å². The smallest absolute Gasteiger partial charge is 0.142 e. The van der Waals surface area contributed by atoms with Crippen LogP contribution in [0.2, 0.25) is 0 Å². The van der Waals surface area contributed by atoms with Crippen molar-refractivity contribution in [2.24, 2.45) is 0 Å². The van der Waals surface area contributed by atoms with Gasteiger partial charge in [0.2, 0.25) is 0 Å². The third-order valence-corrected chi connectivity index (χ3v) is 2.48. The van der Waals surface area contributed by atoms with Crippen LogP contribution in [-0.4, -0.2) is 20.1 Å². The van der Waals surface area contributed by atoms with E-state index in [1.807, 2.05) is 71.9 Å². The van der Waals surface area contributed by atoms with Crippen molar-refractivity contribution in [2.45, 2.75) is 41.5 Å². The predicted octanol–water partition coefficient (Wildman–Crippen LogP) is 5.36. The first-order valence-corrected chi connectivity index (χ1v) is 7.77. The van der Waals surface area contributed by atoms with Crippen LogP contribution in [0.4, 0.5) is 0 Å². The van der Waals surface area contributed by atoms with Gasteiger partial charge in [-0.2, -0.15) is 0 Å². The molecule has 0 bridgehead atoms. The molecule has 1 aromatic carbocycles. The summed E-state index contributed by atoms with van der Waals surface area (Å²) in [4.78, 5) is 1.44. The Bertz CT molecular complexity index is 604. The van der Waals surface area contributed by atoms with Gasteiger partial charge < -0.3 is 5.11 Å². The van der Waals surface area contributed by atoms with Crippen molar-refractivity contribution in [1.29, 1.82) is 0 Å². The van der Waals surface area contributed by atoms with Crippen LogP contribution in [0, 0.1) is 0 Å². The van der Waals surface area contributed by atoms with E-state index in [0.29, 0.717) is 5.70 Å². The van der Waals surface area contributed by atoms with Crippen molar-refractivity contribution in [3.05, 3.63) is 54.3 Å². The fraction of sp³-hybridized carbons (Fsp3) is 0.333. The first-order valence-electron chi connectivity index (χ1n) is 7.77. The van der Waals surface area contributed by atoms with E-state index in [-0.39, 0.29) is 5.76 Å². The quantitative estimate of drug-likeness (QED) is 0.613. The molecule has 4 nitrogen and oxygen atoms in total. The maximum absolute atomic E-state index is 9.96. The second-order valence-corrected chi connectivity index (χ2v) is 3.73. The van der Waals surface area contributed by atoms with Crippen LogP contribution in [0.25, 0.3) is 16.7 Å². The van der Waals surface area contributed by atoms with Gasteiger partial charge in [0.1, 0.15) is 22.5 Å². The summed E-state index contributed by atoms with van der Waals surface area (Å²) >= 11 is 0. The fourth-order valence-corrected chi connectivity index (χ4v) is 1.61. The number of hydrogen-bond acceptors (Lipinski definition) is 3. The normalized spacial score (nSPS) is 11.7. The van der Waals surface area contributed by atoms with Crippen LogP contribution in [0.3, 0.4) is 0 Å². The number of hydrogen-bond donors (Lipinski definition) is 1. The summed E-state index contributed by atoms with van der Waals surface area (Å²) < 4.78 is 0. The molecule has 2 aromatic rings. The lowest BCUT2D eigenvalue weighted by molar-refractivity contribution is 0.428. The molecule has 22 heavy (non-hydrogen) atoms. The molecule has 0 unspecified atom stereocenters. The average molecular weight is 301 g/mol. The third-order valence-electron chi connectivity index (χ3n) is 2.48. The Hall–Kier alpha value is -2.36. The average Bonchev–Trinajstić information content (AvgIpc) is 3.00. The summed E-state index contributed by atoms with van der Waals surface area (Å²) in [6, 6.07) is 7.59. The molecule has 120 valence electrons. The van der Waals surface area contributed by atoms with Crippen molar-refractivity contribution in [2.75, 3.05) is 0 Å². The first kappa shape index (κ1) is 19.6. The number of aliphatic hydroxyl groups excluding tert-OH is 1. The summed E-state index contributed by atoms with van der Waals surface area (Å²) in [5.41, 5.74) is 2.16. The molecule has 1 aromatic heterocycles. The SMILES string of the molecule is CC.CC.C\C=C/C=C(O)\C(=C/C)n1nc2ccccc2n1. The summed E-state index contributed by atoms with van der Waals surface area (Å²) in [5, 5.41) is 18.6. The molecule has 0 aliphatic heterocycles. The van der Waals surface area contributed by atoms with Crippen molar-refractivity contribution in [3.63, 3.8) is 0 Å². The monoisotopic (exact) mass is 301 g/mol. The fourth-order valence-electron chi connectivity index (χ4n) is 1.61. The van der Waals surface area contributed by atoms with Crippen LogP contribution in [0.15, 0.2) is 54.3 Å². The van der Waals surface area contributed by atoms with Gasteiger partial charge in [-0.3, -0.25) is 0 Å². The Morgan fingerprint density at radius 3 is 1.91 bits per heavy atom. The van der Waals surface area contributed by atoms with E-state index in [1.165, 1.54) is 4.80 Å². The molecule has 2 rings (SSSR count). The zero-order valence-electron chi connectivity index (χ0n) is 14.4. The number of aliphatic hydroxyl groups is 1. The van der Waals surface area contributed by atoms with Gasteiger partial charge in [-0.15, -0.1) is 15.0 Å². The molecular weight excluding hydrogens is 274 g/mol. The highest BCUT2D eigenvalue weighted by Crippen LogP contribution is 2.15. The molecular formula is C18H27N3O. The minimum absolute atomic E-state index is 0.135. The molecule has 0 atom stereocenters. The van der Waals surface area contributed by atoms with Crippen LogP contribution in [0.5, 0.6) is 0 Å². The lowest BCUT2D eigenvalue weighted by atomic mass is 10.3. The molecule has 0 amide bonds. The van der Waals surface area contributed by atoms with Crippen molar-refractivity contribution >= 4 is 16.7 Å². The second-order valence-electron chi connectivity index (χ2n) is 3.73. The summed E-state index contributed by atoms with van der Waals surface area (Å²) in [7, 11) is 0. The van der Waals surface area contributed by atoms with Gasteiger partial charge in [0.15, 0.2) is 0 Å². The Morgan fingerprint density at radius 2 is 1.50 bits per heavy atom. The van der Waals surface area contributed by atoms with E-state index < -0.39 is 0 Å². The minimum atomic E-state index is 0.135. The van der Waals surface area contributed by atoms with Gasteiger partial charge in [0, 0.05) is 0 Å². The van der Waals surface area contributed by atoms with Gasteiger partial charge in [-0.05, 0) is 32.1 Å². The molecule has 1 N–H and O–H groups in total. The van der Waals surface area contributed by atoms with E-state index in [4.69, 9.17) is 0 Å². The lowest BCUT2D eigenvalue weighted by Crippen LogP contribution is -2.03. The van der Waals surface area contributed by atoms with Crippen LogP contribution in [0.1, 0.15) is 41.5 Å². The Labute approximate surface area is 133 Å². The Morgan fingerprint density at radius 1 is 1.00 bits per heavy atom. The minimum Gasteiger partial charge on any atom is -0.506 e. The second kappa shape index (κ2) is 11.3. The molecule has 0 saturated heterocycles. The largest absolute Gasteiger partial charge is 0.506 e. The standard InChI is InChI=1S/C14H15N3O.2C2H6/c1-3-5-10-14(18)13(4-2)17-15-11-8-6-7-9-12(11)16-17;2*1-2/h3-10,18H,1-2H3;2*1-2H3/b5-3-,13-4+,14-10+;;. The van der Waals surface area contributed by atoms with Crippen LogP contribution in [-0.2, 0) is 0 Å². The van der Waals surface area contributed by atoms with Gasteiger partial charge in [-0.1, -0.05) is 58.1 Å². The molecule has 0 saturated carbocycles. The van der Waals surface area contributed by atoms with Crippen LogP contribution >= 0.6 is 0 Å². The lowest BCUT2D eigenvalue weighted by Gasteiger charge is -2.03. The van der Waals surface area contributed by atoms with Crippen molar-refractivity contribution in [1.82, 2.24) is 15.0 Å². The van der Waals surface area contributed by atoms with E-state index >= 15 is 0 Å². The zero-order chi connectivity index (χ0) is 17.0. The number of fused-ring (bicyclic) bond motifs is 1. The number of nitrogens with zero attached hydrogens (tertiary/aromatic N) is 3. The maximum atomic E-state index is 9.96. The highest BCUT2D eigenvalue weighted by Gasteiger charge is 2.08. The highest BCUT2D eigenvalue weighted by atomic mass is 16.3. The summed E-state index contributed by atoms with van der Waals surface area (Å²) in [6.07, 6.45) is 7.00. The number of rotatable bonds is 3. The van der Waals surface area contributed by atoms with Crippen molar-refractivity contribution in [3.8, 4) is 0 Å². The van der Waals surface area contributed by atoms with Crippen LogP contribution < -0.4 is 0 Å². The summed E-state index contributed by atoms with van der Waals surface area (Å²) in [6.45, 7) is 11.7. The number of allylic oxidation sites excluding steroid dienone is 5. The van der Waals surface area contributed by atoms with E-state index in [1.54, 1.807) is 18.2 Å². The molecule has 4 heteroatoms. The molecule has 0 spiro atoms. The maximum Gasteiger partial charge on any atom is 0.142 e. The first-order chi connectivity index (χ1) is 10.8. The highest BCUT2D eigenvalue weighted by molar-refractivity contribution is 5.74. The Balaban J connectivity index is 0.00000102. The van der Waals surface area contributed by atoms with Gasteiger partial charge >= 0.3 is 0 Å². The Kier molecular flexibility index (Phi) is 10.1.